The largest absolute Gasteiger partial charge is 0.356 e. The van der Waals surface area contributed by atoms with Gasteiger partial charge in [-0.25, -0.2) is 0 Å². The highest BCUT2D eigenvalue weighted by atomic mass is 35.5. The van der Waals surface area contributed by atoms with E-state index >= 15 is 0 Å². The van der Waals surface area contributed by atoms with Crippen molar-refractivity contribution in [3.05, 3.63) is 0 Å². The first-order valence-electron chi connectivity index (χ1n) is 4.58. The molecular formula is C9H20ClNO. The van der Waals surface area contributed by atoms with Crippen LogP contribution >= 0.6 is 12.4 Å². The maximum Gasteiger partial charge on any atom is 0.219 e. The van der Waals surface area contributed by atoms with Crippen LogP contribution in [0.3, 0.4) is 0 Å². The minimum absolute atomic E-state index is 0. The van der Waals surface area contributed by atoms with Gasteiger partial charge < -0.3 is 5.32 Å². The Morgan fingerprint density at radius 3 is 2.33 bits per heavy atom. The Morgan fingerprint density at radius 1 is 1.17 bits per heavy atom. The van der Waals surface area contributed by atoms with E-state index in [0.717, 1.165) is 13.0 Å². The molecule has 0 unspecified atom stereocenters. The molecule has 0 aromatic carbocycles. The highest BCUT2D eigenvalue weighted by molar-refractivity contribution is 5.85. The van der Waals surface area contributed by atoms with Crippen LogP contribution in [-0.4, -0.2) is 12.5 Å². The Morgan fingerprint density at radius 2 is 1.83 bits per heavy atom. The smallest absolute Gasteiger partial charge is 0.219 e. The summed E-state index contributed by atoms with van der Waals surface area (Å²) in [6, 6.07) is 0. The van der Waals surface area contributed by atoms with Crippen LogP contribution in [-0.2, 0) is 4.79 Å². The van der Waals surface area contributed by atoms with Gasteiger partial charge in [-0.05, 0) is 6.42 Å². The molecular weight excluding hydrogens is 174 g/mol. The van der Waals surface area contributed by atoms with Crippen molar-refractivity contribution in [3.8, 4) is 0 Å². The predicted octanol–water partition coefficient (Wildman–Crippen LogP) is 2.51. The van der Waals surface area contributed by atoms with Crippen LogP contribution in [0.5, 0.6) is 0 Å². The van der Waals surface area contributed by atoms with E-state index < -0.39 is 0 Å². The average Bonchev–Trinajstić information content (AvgIpc) is 2.04. The Labute approximate surface area is 81.5 Å². The molecule has 0 spiro atoms. The molecule has 0 aromatic heterocycles. The van der Waals surface area contributed by atoms with Crippen LogP contribution in [0.2, 0.25) is 0 Å². The fraction of sp³-hybridized carbons (Fsp3) is 0.889. The minimum atomic E-state index is 0. The third kappa shape index (κ3) is 9.76. The zero-order valence-electron chi connectivity index (χ0n) is 8.06. The van der Waals surface area contributed by atoms with Gasteiger partial charge in [-0.15, -0.1) is 12.4 Å². The Bertz CT molecular complexity index is 107. The van der Waals surface area contributed by atoms with Gasteiger partial charge in [0.1, 0.15) is 0 Å². The van der Waals surface area contributed by atoms with Crippen molar-refractivity contribution in [1.29, 1.82) is 0 Å². The van der Waals surface area contributed by atoms with Crippen molar-refractivity contribution in [2.24, 2.45) is 0 Å². The fourth-order valence-electron chi connectivity index (χ4n) is 0.905. The first kappa shape index (κ1) is 14.3. The number of carbonyl (C=O) groups excluding carboxylic acids is 1. The van der Waals surface area contributed by atoms with Crippen molar-refractivity contribution in [3.63, 3.8) is 0 Å². The molecule has 2 nitrogen and oxygen atoms in total. The third-order valence-corrected chi connectivity index (χ3v) is 1.67. The van der Waals surface area contributed by atoms with E-state index in [9.17, 15) is 4.79 Å². The lowest BCUT2D eigenvalue weighted by Gasteiger charge is -2.01. The van der Waals surface area contributed by atoms with Gasteiger partial charge in [0.25, 0.3) is 0 Å². The van der Waals surface area contributed by atoms with Gasteiger partial charge in [-0.2, -0.15) is 0 Å². The second-order valence-corrected chi connectivity index (χ2v) is 2.76. The molecule has 0 rings (SSSR count). The molecule has 0 radical (unpaired) electrons. The van der Waals surface area contributed by atoms with Gasteiger partial charge in [-0.3, -0.25) is 4.79 Å². The monoisotopic (exact) mass is 193 g/mol. The van der Waals surface area contributed by atoms with E-state index in [1.54, 1.807) is 0 Å². The van der Waals surface area contributed by atoms with Crippen LogP contribution in [0, 0.1) is 0 Å². The zero-order chi connectivity index (χ0) is 8.53. The second-order valence-electron chi connectivity index (χ2n) is 2.76. The molecule has 12 heavy (non-hydrogen) atoms. The van der Waals surface area contributed by atoms with Crippen molar-refractivity contribution in [2.45, 2.75) is 46.0 Å². The van der Waals surface area contributed by atoms with E-state index in [-0.39, 0.29) is 18.3 Å². The topological polar surface area (TPSA) is 29.1 Å². The van der Waals surface area contributed by atoms with Crippen molar-refractivity contribution in [2.75, 3.05) is 6.54 Å². The molecule has 1 amide bonds. The highest BCUT2D eigenvalue weighted by Gasteiger charge is 1.93. The lowest BCUT2D eigenvalue weighted by Crippen LogP contribution is -2.23. The van der Waals surface area contributed by atoms with Crippen LogP contribution in [0.4, 0.5) is 0 Å². The Hall–Kier alpha value is -0.240. The lowest BCUT2D eigenvalue weighted by molar-refractivity contribution is -0.120. The van der Waals surface area contributed by atoms with Gasteiger partial charge in [0.05, 0.1) is 0 Å². The molecule has 0 fully saturated rings. The molecule has 0 aromatic rings. The zero-order valence-corrected chi connectivity index (χ0v) is 8.88. The molecule has 0 aliphatic heterocycles. The van der Waals surface area contributed by atoms with Crippen LogP contribution in [0.15, 0.2) is 0 Å². The maximum absolute atomic E-state index is 10.7. The summed E-state index contributed by atoms with van der Waals surface area (Å²) in [7, 11) is 0. The molecule has 0 bridgehead atoms. The number of hydrogen-bond donors (Lipinski definition) is 1. The van der Waals surface area contributed by atoms with Gasteiger partial charge in [-0.1, -0.05) is 33.1 Å². The summed E-state index contributed by atoms with van der Waals surface area (Å²) in [6.45, 7) is 4.92. The summed E-state index contributed by atoms with van der Waals surface area (Å²) in [6.07, 6.45) is 5.50. The van der Waals surface area contributed by atoms with E-state index in [2.05, 4.69) is 12.2 Å². The van der Waals surface area contributed by atoms with Crippen LogP contribution in [0.1, 0.15) is 46.0 Å². The lowest BCUT2D eigenvalue weighted by atomic mass is 10.2. The summed E-state index contributed by atoms with van der Waals surface area (Å²) in [4.78, 5) is 10.7. The summed E-state index contributed by atoms with van der Waals surface area (Å²) >= 11 is 0. The van der Waals surface area contributed by atoms with Crippen LogP contribution < -0.4 is 5.32 Å². The number of hydrogen-bond acceptors (Lipinski definition) is 1. The quantitative estimate of drug-likeness (QED) is 0.646. The normalized spacial score (nSPS) is 8.83. The van der Waals surface area contributed by atoms with E-state index in [1.807, 2.05) is 6.92 Å². The predicted molar refractivity (Wildman–Crippen MR) is 54.7 cm³/mol. The van der Waals surface area contributed by atoms with E-state index in [4.69, 9.17) is 0 Å². The summed E-state index contributed by atoms with van der Waals surface area (Å²) in [5, 5.41) is 2.85. The first-order chi connectivity index (χ1) is 5.31. The molecule has 3 heteroatoms. The SMILES string of the molecule is CCCCCCNC(=O)CC.Cl. The van der Waals surface area contributed by atoms with E-state index in [1.165, 1.54) is 19.3 Å². The molecule has 74 valence electrons. The van der Waals surface area contributed by atoms with E-state index in [0.29, 0.717) is 6.42 Å². The number of carbonyl (C=O) groups is 1. The standard InChI is InChI=1S/C9H19NO.ClH/c1-3-5-6-7-8-10-9(11)4-2;/h3-8H2,1-2H3,(H,10,11);1H. The number of unbranched alkanes of at least 4 members (excludes halogenated alkanes) is 3. The number of nitrogens with one attached hydrogen (secondary N) is 1. The average molecular weight is 194 g/mol. The molecule has 0 saturated carbocycles. The second kappa shape index (κ2) is 10.8. The molecule has 1 N–H and O–H groups in total. The van der Waals surface area contributed by atoms with Gasteiger partial charge in [0.15, 0.2) is 0 Å². The molecule has 0 heterocycles. The molecule has 0 aliphatic rings. The fourth-order valence-corrected chi connectivity index (χ4v) is 0.905. The summed E-state index contributed by atoms with van der Waals surface area (Å²) in [5.41, 5.74) is 0. The molecule has 0 atom stereocenters. The van der Waals surface area contributed by atoms with Crippen molar-refractivity contribution >= 4 is 18.3 Å². The third-order valence-electron chi connectivity index (χ3n) is 1.67. The van der Waals surface area contributed by atoms with Crippen molar-refractivity contribution in [1.82, 2.24) is 5.32 Å². The van der Waals surface area contributed by atoms with Gasteiger partial charge in [0.2, 0.25) is 5.91 Å². The summed E-state index contributed by atoms with van der Waals surface area (Å²) in [5.74, 6) is 0.168. The Kier molecular flexibility index (Phi) is 12.8. The first-order valence-corrected chi connectivity index (χ1v) is 4.58. The Balaban J connectivity index is 0. The maximum atomic E-state index is 10.7. The summed E-state index contributed by atoms with van der Waals surface area (Å²) < 4.78 is 0. The van der Waals surface area contributed by atoms with Crippen LogP contribution in [0.25, 0.3) is 0 Å². The molecule has 0 aliphatic carbocycles. The molecule has 0 saturated heterocycles. The minimum Gasteiger partial charge on any atom is -0.356 e. The number of amides is 1. The number of rotatable bonds is 6. The van der Waals surface area contributed by atoms with Crippen molar-refractivity contribution < 1.29 is 4.79 Å². The van der Waals surface area contributed by atoms with Gasteiger partial charge in [0, 0.05) is 13.0 Å². The van der Waals surface area contributed by atoms with Gasteiger partial charge >= 0.3 is 0 Å². The highest BCUT2D eigenvalue weighted by Crippen LogP contribution is 1.96. The number of halogens is 1.